The van der Waals surface area contributed by atoms with Gasteiger partial charge in [0.2, 0.25) is 5.91 Å². The first-order chi connectivity index (χ1) is 11.2. The summed E-state index contributed by atoms with van der Waals surface area (Å²) in [6.07, 6.45) is 2.54. The smallest absolute Gasteiger partial charge is 0.224 e. The third kappa shape index (κ3) is 4.31. The molecular formula is C18H26N2O3. The van der Waals surface area contributed by atoms with Crippen molar-refractivity contribution < 1.29 is 14.3 Å². The lowest BCUT2D eigenvalue weighted by Crippen LogP contribution is -2.33. The van der Waals surface area contributed by atoms with E-state index in [1.165, 1.54) is 5.56 Å². The van der Waals surface area contributed by atoms with Gasteiger partial charge in [0.05, 0.1) is 19.1 Å². The van der Waals surface area contributed by atoms with E-state index in [1.807, 2.05) is 23.1 Å². The number of ether oxygens (including phenoxy) is 2. The molecule has 0 aromatic heterocycles. The summed E-state index contributed by atoms with van der Waals surface area (Å²) in [6.45, 7) is 3.36. The number of rotatable bonds is 5. The lowest BCUT2D eigenvalue weighted by Gasteiger charge is -2.23. The molecular weight excluding hydrogens is 292 g/mol. The molecule has 0 unspecified atom stereocenters. The molecule has 2 heterocycles. The van der Waals surface area contributed by atoms with E-state index in [0.29, 0.717) is 26.1 Å². The topological polar surface area (TPSA) is 64.8 Å². The molecule has 1 amide bonds. The van der Waals surface area contributed by atoms with Gasteiger partial charge in [-0.05, 0) is 18.4 Å². The summed E-state index contributed by atoms with van der Waals surface area (Å²) < 4.78 is 11.1. The molecule has 2 atom stereocenters. The number of amides is 1. The van der Waals surface area contributed by atoms with E-state index in [4.69, 9.17) is 15.2 Å². The highest BCUT2D eigenvalue weighted by Gasteiger charge is 2.33. The molecule has 2 fully saturated rings. The Morgan fingerprint density at radius 1 is 1.22 bits per heavy atom. The van der Waals surface area contributed by atoms with Gasteiger partial charge >= 0.3 is 0 Å². The van der Waals surface area contributed by atoms with Crippen molar-refractivity contribution in [3.8, 4) is 0 Å². The maximum absolute atomic E-state index is 12.4. The molecule has 0 saturated carbocycles. The first-order valence-corrected chi connectivity index (χ1v) is 8.51. The second kappa shape index (κ2) is 7.90. The van der Waals surface area contributed by atoms with Gasteiger partial charge in [-0.1, -0.05) is 30.3 Å². The second-order valence-corrected chi connectivity index (χ2v) is 6.41. The van der Waals surface area contributed by atoms with Crippen LogP contribution in [0.2, 0.25) is 0 Å². The van der Waals surface area contributed by atoms with Gasteiger partial charge < -0.3 is 20.1 Å². The number of nitrogens with zero attached hydrogens (tertiary/aromatic N) is 1. The van der Waals surface area contributed by atoms with Crippen LogP contribution < -0.4 is 5.73 Å². The summed E-state index contributed by atoms with van der Waals surface area (Å²) in [5, 5.41) is 0. The largest absolute Gasteiger partial charge is 0.381 e. The normalized spacial score (nSPS) is 25.7. The van der Waals surface area contributed by atoms with Crippen LogP contribution in [-0.2, 0) is 14.3 Å². The van der Waals surface area contributed by atoms with Gasteiger partial charge in [-0.15, -0.1) is 0 Å². The van der Waals surface area contributed by atoms with Crippen LogP contribution in [0.25, 0.3) is 0 Å². The van der Waals surface area contributed by atoms with Crippen LogP contribution in [0.1, 0.15) is 30.7 Å². The maximum Gasteiger partial charge on any atom is 0.224 e. The van der Waals surface area contributed by atoms with Gasteiger partial charge in [-0.2, -0.15) is 0 Å². The molecule has 2 N–H and O–H groups in total. The Bertz CT molecular complexity index is 502. The Hall–Kier alpha value is -1.43. The van der Waals surface area contributed by atoms with E-state index in [0.717, 1.165) is 26.1 Å². The fourth-order valence-corrected chi connectivity index (χ4v) is 3.40. The van der Waals surface area contributed by atoms with Crippen molar-refractivity contribution in [2.24, 2.45) is 5.73 Å². The molecule has 23 heavy (non-hydrogen) atoms. The van der Waals surface area contributed by atoms with Crippen LogP contribution in [0.3, 0.4) is 0 Å². The number of likely N-dealkylation sites (tertiary alicyclic amines) is 1. The molecule has 2 aliphatic rings. The monoisotopic (exact) mass is 318 g/mol. The first-order valence-electron chi connectivity index (χ1n) is 8.51. The zero-order valence-corrected chi connectivity index (χ0v) is 13.5. The molecule has 0 radical (unpaired) electrons. The molecule has 5 nitrogen and oxygen atoms in total. The fraction of sp³-hybridized carbons (Fsp3) is 0.611. The van der Waals surface area contributed by atoms with Crippen LogP contribution in [0.4, 0.5) is 0 Å². The number of benzene rings is 1. The van der Waals surface area contributed by atoms with Crippen LogP contribution in [0.5, 0.6) is 0 Å². The molecule has 0 aliphatic carbocycles. The Morgan fingerprint density at radius 3 is 2.70 bits per heavy atom. The van der Waals surface area contributed by atoms with E-state index in [9.17, 15) is 4.79 Å². The molecule has 0 spiro atoms. The Labute approximate surface area is 137 Å². The van der Waals surface area contributed by atoms with Crippen LogP contribution in [0.15, 0.2) is 30.3 Å². The van der Waals surface area contributed by atoms with E-state index < -0.39 is 0 Å². The highest BCUT2D eigenvalue weighted by Crippen LogP contribution is 2.26. The van der Waals surface area contributed by atoms with Gasteiger partial charge in [0, 0.05) is 38.3 Å². The molecule has 5 heteroatoms. The summed E-state index contributed by atoms with van der Waals surface area (Å²) in [6, 6.07) is 10.2. The quantitative estimate of drug-likeness (QED) is 0.894. The van der Waals surface area contributed by atoms with E-state index in [1.54, 1.807) is 0 Å². The fourth-order valence-electron chi connectivity index (χ4n) is 3.40. The van der Waals surface area contributed by atoms with Crippen LogP contribution in [0, 0.1) is 0 Å². The van der Waals surface area contributed by atoms with Gasteiger partial charge in [0.25, 0.3) is 0 Å². The van der Waals surface area contributed by atoms with Crippen LogP contribution >= 0.6 is 0 Å². The van der Waals surface area contributed by atoms with E-state index >= 15 is 0 Å². The zero-order chi connectivity index (χ0) is 16.1. The number of nitrogens with two attached hydrogens (primary N) is 1. The van der Waals surface area contributed by atoms with Gasteiger partial charge in [0.15, 0.2) is 0 Å². The molecule has 0 bridgehead atoms. The van der Waals surface area contributed by atoms with Crippen molar-refractivity contribution in [1.82, 2.24) is 4.90 Å². The average molecular weight is 318 g/mol. The van der Waals surface area contributed by atoms with E-state index in [2.05, 4.69) is 12.1 Å². The number of hydrogen-bond donors (Lipinski definition) is 1. The molecule has 1 aromatic carbocycles. The summed E-state index contributed by atoms with van der Waals surface area (Å²) in [5.41, 5.74) is 7.46. The number of carbonyl (C=O) groups excluding carboxylic acids is 1. The van der Waals surface area contributed by atoms with Gasteiger partial charge in [-0.25, -0.2) is 0 Å². The second-order valence-electron chi connectivity index (χ2n) is 6.41. The van der Waals surface area contributed by atoms with Crippen molar-refractivity contribution in [1.29, 1.82) is 0 Å². The lowest BCUT2D eigenvalue weighted by atomic mass is 9.95. The third-order valence-corrected chi connectivity index (χ3v) is 4.78. The van der Waals surface area contributed by atoms with Crippen molar-refractivity contribution in [2.45, 2.75) is 37.3 Å². The minimum Gasteiger partial charge on any atom is -0.381 e. The minimum atomic E-state index is 0.0118. The zero-order valence-electron chi connectivity index (χ0n) is 13.5. The molecule has 2 aliphatic heterocycles. The molecule has 1 aromatic rings. The highest BCUT2D eigenvalue weighted by molar-refractivity contribution is 5.76. The summed E-state index contributed by atoms with van der Waals surface area (Å²) in [4.78, 5) is 14.3. The predicted molar refractivity (Wildman–Crippen MR) is 88.1 cm³/mol. The summed E-state index contributed by atoms with van der Waals surface area (Å²) in [7, 11) is 0. The first kappa shape index (κ1) is 16.4. The Kier molecular flexibility index (Phi) is 5.65. The predicted octanol–water partition coefficient (Wildman–Crippen LogP) is 1.53. The average Bonchev–Trinajstić information content (AvgIpc) is 2.98. The molecule has 2 saturated heterocycles. The molecule has 126 valence electrons. The minimum absolute atomic E-state index is 0.0118. The molecule has 3 rings (SSSR count). The standard InChI is InChI=1S/C18H26N2O3/c19-17-13-20(12-16(17)14-4-2-1-3-5-14)18(21)8-11-23-15-6-9-22-10-7-15/h1-5,15-17H,6-13,19H2/t16-,17+/m0/s1. The highest BCUT2D eigenvalue weighted by atomic mass is 16.5. The summed E-state index contributed by atoms with van der Waals surface area (Å²) in [5.74, 6) is 0.377. The van der Waals surface area contributed by atoms with E-state index in [-0.39, 0.29) is 24.0 Å². The Morgan fingerprint density at radius 2 is 1.96 bits per heavy atom. The van der Waals surface area contributed by atoms with Gasteiger partial charge in [-0.3, -0.25) is 4.79 Å². The Balaban J connectivity index is 1.45. The number of carbonyl (C=O) groups is 1. The van der Waals surface area contributed by atoms with Gasteiger partial charge in [0.1, 0.15) is 0 Å². The summed E-state index contributed by atoms with van der Waals surface area (Å²) >= 11 is 0. The maximum atomic E-state index is 12.4. The van der Waals surface area contributed by atoms with Crippen LogP contribution in [-0.4, -0.2) is 55.9 Å². The van der Waals surface area contributed by atoms with Crippen molar-refractivity contribution in [2.75, 3.05) is 32.9 Å². The van der Waals surface area contributed by atoms with Crippen molar-refractivity contribution in [3.63, 3.8) is 0 Å². The number of hydrogen-bond acceptors (Lipinski definition) is 4. The van der Waals surface area contributed by atoms with Crippen molar-refractivity contribution in [3.05, 3.63) is 35.9 Å². The SMILES string of the molecule is N[C@@H]1CN(C(=O)CCOC2CCOCC2)C[C@H]1c1ccccc1. The van der Waals surface area contributed by atoms with Crippen molar-refractivity contribution >= 4 is 5.91 Å². The third-order valence-electron chi connectivity index (χ3n) is 4.78. The lowest BCUT2D eigenvalue weighted by molar-refractivity contribution is -0.132.